The molecule has 4 heterocycles. The summed E-state index contributed by atoms with van der Waals surface area (Å²) in [4.78, 5) is 15.0. The number of rotatable bonds is 9. The van der Waals surface area contributed by atoms with E-state index in [-0.39, 0.29) is 36.0 Å². The number of cyclic esters (lactones) is 1. The molecule has 4 aliphatic heterocycles. The van der Waals surface area contributed by atoms with Crippen molar-refractivity contribution in [1.82, 2.24) is 4.90 Å². The number of aliphatic hydroxyl groups is 1. The fraction of sp³-hybridized carbons (Fsp3) is 0.618. The molecule has 218 valence electrons. The van der Waals surface area contributed by atoms with Crippen LogP contribution in [0.25, 0.3) is 0 Å². The molecule has 1 aromatic carbocycles. The first-order valence-electron chi connectivity index (χ1n) is 15.5. The van der Waals surface area contributed by atoms with E-state index in [0.717, 1.165) is 50.8 Å². The molecule has 6 nitrogen and oxygen atoms in total. The van der Waals surface area contributed by atoms with E-state index in [2.05, 4.69) is 56.0 Å². The Labute approximate surface area is 240 Å². The van der Waals surface area contributed by atoms with E-state index in [1.807, 2.05) is 0 Å². The fourth-order valence-electron chi connectivity index (χ4n) is 7.52. The first kappa shape index (κ1) is 28.9. The minimum atomic E-state index is -0.376. The highest BCUT2D eigenvalue weighted by atomic mass is 16.6. The Hall–Kier alpha value is -2.57. The quantitative estimate of drug-likeness (QED) is 0.282. The Morgan fingerprint density at radius 2 is 1.95 bits per heavy atom. The number of aryl methyl sites for hydroxylation is 1. The van der Waals surface area contributed by atoms with Gasteiger partial charge < -0.3 is 19.3 Å². The van der Waals surface area contributed by atoms with Crippen LogP contribution in [0.15, 0.2) is 59.0 Å². The Kier molecular flexibility index (Phi) is 9.06. The number of benzene rings is 1. The smallest absolute Gasteiger partial charge is 0.343 e. The van der Waals surface area contributed by atoms with Gasteiger partial charge in [0.2, 0.25) is 5.76 Å². The van der Waals surface area contributed by atoms with Crippen LogP contribution in [0.2, 0.25) is 0 Å². The number of esters is 1. The van der Waals surface area contributed by atoms with Crippen LogP contribution >= 0.6 is 0 Å². The predicted molar refractivity (Wildman–Crippen MR) is 156 cm³/mol. The molecule has 5 rings (SSSR count). The number of carbonyl (C=O) groups excluding carboxylic acids is 1. The number of methoxy groups -OCH3 is 1. The summed E-state index contributed by atoms with van der Waals surface area (Å²) in [6, 6.07) is 9.53. The standard InChI is InChI=1S/C34H47NO5/c1-6-8-9-12-23-13-10-14-24(17-23)18-25-19-26(28(36)7-2)35-16-11-15-29-30(27(35)20-25)21(3)32(39-29)33-31(38-5)22(4)34(37)40-33/h10,13-15,17,21,25-28,30,36H,6-9,11-12,16,18-20H2,1-5H3/b33-32-/t21-,25-,26-,27-,28-,30+/m0/s1. The number of unbranched alkanes of at least 4 members (excludes halogenated alkanes) is 2. The van der Waals surface area contributed by atoms with Crippen molar-refractivity contribution in [3.63, 3.8) is 0 Å². The van der Waals surface area contributed by atoms with Gasteiger partial charge in [0.05, 0.1) is 18.8 Å². The number of hydrogen-bond acceptors (Lipinski definition) is 6. The molecular weight excluding hydrogens is 502 g/mol. The second kappa shape index (κ2) is 12.5. The predicted octanol–water partition coefficient (Wildman–Crippen LogP) is 6.44. The van der Waals surface area contributed by atoms with Crippen molar-refractivity contribution in [2.24, 2.45) is 17.8 Å². The van der Waals surface area contributed by atoms with Gasteiger partial charge in [-0.25, -0.2) is 4.79 Å². The zero-order chi connectivity index (χ0) is 28.4. The van der Waals surface area contributed by atoms with Crippen LogP contribution in [0, 0.1) is 17.8 Å². The lowest BCUT2D eigenvalue weighted by Crippen LogP contribution is -2.56. The lowest BCUT2D eigenvalue weighted by atomic mass is 9.73. The van der Waals surface area contributed by atoms with E-state index >= 15 is 0 Å². The number of hydrogen-bond donors (Lipinski definition) is 1. The van der Waals surface area contributed by atoms with Gasteiger partial charge in [-0.15, -0.1) is 0 Å². The molecule has 6 heteroatoms. The summed E-state index contributed by atoms with van der Waals surface area (Å²) in [5.74, 6) is 2.82. The normalized spacial score (nSPS) is 31.2. The van der Waals surface area contributed by atoms with Gasteiger partial charge in [-0.05, 0) is 75.0 Å². The van der Waals surface area contributed by atoms with Crippen molar-refractivity contribution in [3.8, 4) is 0 Å². The van der Waals surface area contributed by atoms with Gasteiger partial charge in [-0.3, -0.25) is 4.90 Å². The summed E-state index contributed by atoms with van der Waals surface area (Å²) in [6.45, 7) is 9.17. The summed E-state index contributed by atoms with van der Waals surface area (Å²) in [7, 11) is 1.57. The largest absolute Gasteiger partial charge is 0.492 e. The van der Waals surface area contributed by atoms with Gasteiger partial charge in [0.1, 0.15) is 5.76 Å². The van der Waals surface area contributed by atoms with E-state index < -0.39 is 0 Å². The van der Waals surface area contributed by atoms with E-state index in [9.17, 15) is 9.90 Å². The second-order valence-corrected chi connectivity index (χ2v) is 12.2. The third kappa shape index (κ3) is 5.62. The topological polar surface area (TPSA) is 68.2 Å². The van der Waals surface area contributed by atoms with E-state index in [1.165, 1.54) is 30.4 Å². The molecule has 0 radical (unpaired) electrons. The summed E-state index contributed by atoms with van der Waals surface area (Å²) in [5, 5.41) is 11.2. The maximum Gasteiger partial charge on any atom is 0.343 e. The lowest BCUT2D eigenvalue weighted by Gasteiger charge is -2.49. The van der Waals surface area contributed by atoms with Crippen molar-refractivity contribution >= 4 is 5.97 Å². The molecule has 6 atom stereocenters. The summed E-state index contributed by atoms with van der Waals surface area (Å²) in [5.41, 5.74) is 3.32. The zero-order valence-electron chi connectivity index (χ0n) is 24.9. The highest BCUT2D eigenvalue weighted by Crippen LogP contribution is 2.50. The maximum atomic E-state index is 12.4. The minimum absolute atomic E-state index is 0.0239. The number of allylic oxidation sites excluding steroid dienone is 1. The van der Waals surface area contributed by atoms with Gasteiger partial charge in [-0.1, -0.05) is 57.9 Å². The molecule has 0 aliphatic carbocycles. The number of aliphatic hydroxyl groups excluding tert-OH is 1. The van der Waals surface area contributed by atoms with Crippen LogP contribution in [0.5, 0.6) is 0 Å². The molecule has 0 spiro atoms. The molecule has 0 unspecified atom stereocenters. The highest BCUT2D eigenvalue weighted by molar-refractivity contribution is 5.93. The van der Waals surface area contributed by atoms with E-state index in [4.69, 9.17) is 14.2 Å². The van der Waals surface area contributed by atoms with Gasteiger partial charge >= 0.3 is 5.97 Å². The molecule has 2 saturated heterocycles. The number of fused-ring (bicyclic) bond motifs is 3. The van der Waals surface area contributed by atoms with Crippen molar-refractivity contribution < 1.29 is 24.1 Å². The van der Waals surface area contributed by atoms with Crippen LogP contribution in [0.3, 0.4) is 0 Å². The van der Waals surface area contributed by atoms with E-state index in [1.54, 1.807) is 14.0 Å². The first-order chi connectivity index (χ1) is 19.4. The summed E-state index contributed by atoms with van der Waals surface area (Å²) in [6.07, 6.45) is 11.5. The van der Waals surface area contributed by atoms with E-state index in [0.29, 0.717) is 28.8 Å². The monoisotopic (exact) mass is 549 g/mol. The van der Waals surface area contributed by atoms with Gasteiger partial charge in [0.25, 0.3) is 0 Å². The van der Waals surface area contributed by atoms with Crippen molar-refractivity contribution in [1.29, 1.82) is 0 Å². The van der Waals surface area contributed by atoms with Gasteiger partial charge in [0.15, 0.2) is 11.5 Å². The number of nitrogens with zero attached hydrogens (tertiary/aromatic N) is 1. The minimum Gasteiger partial charge on any atom is -0.492 e. The van der Waals surface area contributed by atoms with Crippen LogP contribution < -0.4 is 0 Å². The van der Waals surface area contributed by atoms with Crippen molar-refractivity contribution in [2.75, 3.05) is 13.7 Å². The maximum absolute atomic E-state index is 12.4. The van der Waals surface area contributed by atoms with Crippen molar-refractivity contribution in [2.45, 2.75) is 104 Å². The van der Waals surface area contributed by atoms with Crippen LogP contribution in [0.4, 0.5) is 0 Å². The lowest BCUT2D eigenvalue weighted by molar-refractivity contribution is -0.133. The molecule has 4 aliphatic rings. The Morgan fingerprint density at radius 1 is 1.15 bits per heavy atom. The second-order valence-electron chi connectivity index (χ2n) is 12.2. The summed E-state index contributed by atoms with van der Waals surface area (Å²) >= 11 is 0. The molecule has 0 saturated carbocycles. The Bertz CT molecular complexity index is 1180. The molecule has 2 fully saturated rings. The zero-order valence-corrected chi connectivity index (χ0v) is 24.9. The van der Waals surface area contributed by atoms with Crippen LogP contribution in [-0.2, 0) is 31.8 Å². The molecule has 0 bridgehead atoms. The molecule has 0 amide bonds. The Morgan fingerprint density at radius 3 is 2.70 bits per heavy atom. The summed E-state index contributed by atoms with van der Waals surface area (Å²) < 4.78 is 17.8. The first-order valence-corrected chi connectivity index (χ1v) is 15.5. The highest BCUT2D eigenvalue weighted by Gasteiger charge is 2.51. The van der Waals surface area contributed by atoms with Gasteiger partial charge in [-0.2, -0.15) is 0 Å². The Balaban J connectivity index is 1.43. The average molecular weight is 550 g/mol. The number of ether oxygens (including phenoxy) is 3. The molecule has 1 aromatic rings. The fourth-order valence-corrected chi connectivity index (χ4v) is 7.52. The van der Waals surface area contributed by atoms with Crippen LogP contribution in [-0.4, -0.2) is 47.8 Å². The average Bonchev–Trinajstić information content (AvgIpc) is 3.35. The van der Waals surface area contributed by atoms with Crippen LogP contribution in [0.1, 0.15) is 83.8 Å². The molecule has 1 N–H and O–H groups in total. The molecule has 0 aromatic heterocycles. The third-order valence-corrected chi connectivity index (χ3v) is 9.58. The SMILES string of the molecule is CCCCCc1cccc(C[C@@H]2C[C@H]3[C@@H]4C(=CCCN3[C@H]([C@@H](O)CC)C2)O/C(=C2\OC(=O)C(C)=C2OC)[C@H]4C)c1. The number of carbonyl (C=O) groups is 1. The number of piperidine rings is 1. The third-order valence-electron chi connectivity index (χ3n) is 9.58. The molecule has 40 heavy (non-hydrogen) atoms. The molecular formula is C34H47NO5. The van der Waals surface area contributed by atoms with Crippen molar-refractivity contribution in [3.05, 3.63) is 70.1 Å². The van der Waals surface area contributed by atoms with Gasteiger partial charge in [0, 0.05) is 30.5 Å².